The molecule has 0 saturated heterocycles. The summed E-state index contributed by atoms with van der Waals surface area (Å²) in [5.41, 5.74) is 5.55. The molecule has 0 heterocycles. The molecule has 0 bridgehead atoms. The van der Waals surface area contributed by atoms with E-state index in [0.717, 1.165) is 77.4 Å². The molecular formula is C34H68N3O7P. The first kappa shape index (κ1) is 43.8. The van der Waals surface area contributed by atoms with Gasteiger partial charge in [-0.05, 0) is 39.5 Å². The van der Waals surface area contributed by atoms with Gasteiger partial charge in [0.1, 0.15) is 0 Å². The molecular weight excluding hydrogens is 593 g/mol. The normalized spacial score (nSPS) is 13.0. The quantitative estimate of drug-likeness (QED) is 0.0244. The van der Waals surface area contributed by atoms with Crippen molar-refractivity contribution in [2.24, 2.45) is 0 Å². The van der Waals surface area contributed by atoms with Gasteiger partial charge in [-0.15, -0.1) is 0 Å². The van der Waals surface area contributed by atoms with Gasteiger partial charge in [0, 0.05) is 19.6 Å². The maximum atomic E-state index is 12.1. The molecule has 1 unspecified atom stereocenters. The van der Waals surface area contributed by atoms with Crippen LogP contribution in [0.25, 0.3) is 0 Å². The van der Waals surface area contributed by atoms with Gasteiger partial charge in [-0.3, -0.25) is 24.4 Å². The molecule has 1 atom stereocenters. The van der Waals surface area contributed by atoms with Crippen molar-refractivity contribution in [2.45, 2.75) is 168 Å². The summed E-state index contributed by atoms with van der Waals surface area (Å²) < 4.78 is 22.4. The zero-order valence-electron chi connectivity index (χ0n) is 29.2. The Hall–Kier alpha value is -1.16. The van der Waals surface area contributed by atoms with Crippen molar-refractivity contribution in [3.63, 3.8) is 0 Å². The predicted molar refractivity (Wildman–Crippen MR) is 183 cm³/mol. The average Bonchev–Trinajstić information content (AvgIpc) is 2.99. The number of carbonyl (C=O) groups is 3. The highest BCUT2D eigenvalue weighted by atomic mass is 31.2. The van der Waals surface area contributed by atoms with E-state index in [9.17, 15) is 23.8 Å². The van der Waals surface area contributed by atoms with Crippen LogP contribution >= 0.6 is 7.60 Å². The van der Waals surface area contributed by atoms with E-state index in [4.69, 9.17) is 9.26 Å². The lowest BCUT2D eigenvalue weighted by atomic mass is 10.0. The number of ether oxygens (including phenoxy) is 1. The number of nitrogens with one attached hydrogen (secondary N) is 3. The van der Waals surface area contributed by atoms with Crippen LogP contribution in [0.4, 0.5) is 0 Å². The van der Waals surface area contributed by atoms with Gasteiger partial charge in [0.05, 0.1) is 31.5 Å². The molecule has 45 heavy (non-hydrogen) atoms. The Morgan fingerprint density at radius 3 is 1.58 bits per heavy atom. The largest absolute Gasteiger partial charge is 0.379 e. The van der Waals surface area contributed by atoms with E-state index in [1.807, 2.05) is 0 Å². The molecule has 10 nitrogen and oxygen atoms in total. The van der Waals surface area contributed by atoms with E-state index in [2.05, 4.69) is 30.0 Å². The fourth-order valence-corrected chi connectivity index (χ4v) is 5.42. The number of unbranched alkanes of at least 4 members (excludes halogenated alkanes) is 17. The molecule has 0 aromatic heterocycles. The molecule has 0 aromatic rings. The molecule has 4 N–H and O–H groups in total. The molecule has 11 heteroatoms. The number of rotatable bonds is 34. The number of amides is 1. The summed E-state index contributed by atoms with van der Waals surface area (Å²) in [7, 11) is -3.45. The van der Waals surface area contributed by atoms with E-state index < -0.39 is 19.2 Å². The first-order chi connectivity index (χ1) is 21.6. The zero-order chi connectivity index (χ0) is 33.6. The lowest BCUT2D eigenvalue weighted by molar-refractivity contribution is -0.136. The van der Waals surface area contributed by atoms with Gasteiger partial charge in [-0.25, -0.2) is 5.43 Å². The number of hydrogen-bond acceptors (Lipinski definition) is 8. The van der Waals surface area contributed by atoms with E-state index in [-0.39, 0.29) is 31.1 Å². The summed E-state index contributed by atoms with van der Waals surface area (Å²) >= 11 is 0. The van der Waals surface area contributed by atoms with E-state index >= 15 is 0 Å². The van der Waals surface area contributed by atoms with E-state index in [0.29, 0.717) is 19.1 Å². The third-order valence-electron chi connectivity index (χ3n) is 7.76. The minimum absolute atomic E-state index is 0.0573. The second kappa shape index (κ2) is 30.2. The molecule has 0 spiro atoms. The SMILES string of the molecule is CC(C)OCCCCCCCCCCCCNNCC(=O)NCC(=O)C(=O)CCCCCCCCCCCOP(=O)(O)C(C)C. The molecule has 0 aromatic carbocycles. The number of Topliss-reactive ketones (excluding diaryl/α,β-unsaturated/α-hetero) is 2. The number of hydrazine groups is 1. The van der Waals surface area contributed by atoms with Crippen molar-refractivity contribution in [2.75, 3.05) is 32.8 Å². The van der Waals surface area contributed by atoms with Gasteiger partial charge < -0.3 is 19.5 Å². The number of carbonyl (C=O) groups excluding carboxylic acids is 3. The lowest BCUT2D eigenvalue weighted by Crippen LogP contribution is -2.43. The summed E-state index contributed by atoms with van der Waals surface area (Å²) in [4.78, 5) is 45.7. The van der Waals surface area contributed by atoms with E-state index in [1.165, 1.54) is 51.4 Å². The summed E-state index contributed by atoms with van der Waals surface area (Å²) in [6.45, 7) is 9.34. The molecule has 0 aliphatic rings. The summed E-state index contributed by atoms with van der Waals surface area (Å²) in [5.74, 6) is -1.27. The monoisotopic (exact) mass is 661 g/mol. The van der Waals surface area contributed by atoms with Crippen LogP contribution in [0.5, 0.6) is 0 Å². The number of hydrogen-bond donors (Lipinski definition) is 4. The molecule has 1 amide bonds. The van der Waals surface area contributed by atoms with Gasteiger partial charge in [0.15, 0.2) is 5.78 Å². The molecule has 0 saturated carbocycles. The molecule has 266 valence electrons. The molecule has 0 radical (unpaired) electrons. The second-order valence-electron chi connectivity index (χ2n) is 12.8. The fourth-order valence-electron chi connectivity index (χ4n) is 4.73. The first-order valence-corrected chi connectivity index (χ1v) is 19.6. The van der Waals surface area contributed by atoms with Crippen LogP contribution < -0.4 is 16.2 Å². The maximum Gasteiger partial charge on any atom is 0.330 e. The van der Waals surface area contributed by atoms with Crippen LogP contribution in [0, 0.1) is 0 Å². The Labute approximate surface area is 274 Å². The predicted octanol–water partition coefficient (Wildman–Crippen LogP) is 7.17. The maximum absolute atomic E-state index is 12.1. The summed E-state index contributed by atoms with van der Waals surface area (Å²) in [5, 5.41) is 2.52. The van der Waals surface area contributed by atoms with Crippen molar-refractivity contribution < 1.29 is 33.1 Å². The van der Waals surface area contributed by atoms with Crippen LogP contribution in [0.3, 0.4) is 0 Å². The summed E-state index contributed by atoms with van der Waals surface area (Å²) in [6, 6.07) is 0. The lowest BCUT2D eigenvalue weighted by Gasteiger charge is -2.15. The van der Waals surface area contributed by atoms with Crippen LogP contribution in [0.15, 0.2) is 0 Å². The molecule has 0 aliphatic heterocycles. The third kappa shape index (κ3) is 30.0. The van der Waals surface area contributed by atoms with Gasteiger partial charge in [0.2, 0.25) is 11.7 Å². The van der Waals surface area contributed by atoms with Crippen LogP contribution in [0.1, 0.15) is 156 Å². The van der Waals surface area contributed by atoms with Crippen LogP contribution in [-0.4, -0.2) is 67.0 Å². The van der Waals surface area contributed by atoms with Crippen molar-refractivity contribution in [1.29, 1.82) is 0 Å². The Kier molecular flexibility index (Phi) is 29.4. The zero-order valence-corrected chi connectivity index (χ0v) is 30.1. The van der Waals surface area contributed by atoms with Gasteiger partial charge in [-0.1, -0.05) is 110 Å². The van der Waals surface area contributed by atoms with Crippen molar-refractivity contribution in [3.05, 3.63) is 0 Å². The third-order valence-corrected chi connectivity index (χ3v) is 9.61. The Balaban J connectivity index is 3.46. The standard InChI is InChI=1S/C34H68N3O7P/c1-30(2)43-26-22-18-14-10-6-5-9-13-17-21-25-36-37-29-34(40)35-28-33(39)32(38)24-20-16-12-8-7-11-15-19-23-27-44-45(41,42)31(3)4/h30-31,36-37H,5-29H2,1-4H3,(H,35,40)(H,41,42). The Morgan fingerprint density at radius 1 is 0.600 bits per heavy atom. The van der Waals surface area contributed by atoms with Crippen LogP contribution in [0.2, 0.25) is 0 Å². The smallest absolute Gasteiger partial charge is 0.330 e. The van der Waals surface area contributed by atoms with Gasteiger partial charge >= 0.3 is 7.60 Å². The first-order valence-electron chi connectivity index (χ1n) is 17.9. The highest BCUT2D eigenvalue weighted by molar-refractivity contribution is 7.53. The number of ketones is 2. The highest BCUT2D eigenvalue weighted by Crippen LogP contribution is 2.47. The van der Waals surface area contributed by atoms with Gasteiger partial charge in [0.25, 0.3) is 0 Å². The second-order valence-corrected chi connectivity index (χ2v) is 15.2. The minimum Gasteiger partial charge on any atom is -0.379 e. The fraction of sp³-hybridized carbons (Fsp3) is 0.912. The van der Waals surface area contributed by atoms with E-state index in [1.54, 1.807) is 13.8 Å². The molecule has 0 aliphatic carbocycles. The van der Waals surface area contributed by atoms with Gasteiger partial charge in [-0.2, -0.15) is 0 Å². The minimum atomic E-state index is -3.45. The average molecular weight is 662 g/mol. The highest BCUT2D eigenvalue weighted by Gasteiger charge is 2.23. The van der Waals surface area contributed by atoms with Crippen molar-refractivity contribution in [3.8, 4) is 0 Å². The molecule has 0 rings (SSSR count). The summed E-state index contributed by atoms with van der Waals surface area (Å²) in [6.07, 6.45) is 21.7. The van der Waals surface area contributed by atoms with Crippen molar-refractivity contribution >= 4 is 25.1 Å². The molecule has 0 fully saturated rings. The Morgan fingerprint density at radius 2 is 1.07 bits per heavy atom. The van der Waals surface area contributed by atoms with Crippen LogP contribution in [-0.2, 0) is 28.2 Å². The topological polar surface area (TPSA) is 143 Å². The Bertz CT molecular complexity index is 796. The van der Waals surface area contributed by atoms with Crippen molar-refractivity contribution in [1.82, 2.24) is 16.2 Å².